The second-order valence-electron chi connectivity index (χ2n) is 6.25. The molecule has 1 aliphatic rings. The highest BCUT2D eigenvalue weighted by Gasteiger charge is 2.36. The number of aromatic nitrogens is 2. The van der Waals surface area contributed by atoms with Crippen LogP contribution in [0.2, 0.25) is 0 Å². The number of nitrogens with zero attached hydrogens (tertiary/aromatic N) is 3. The van der Waals surface area contributed by atoms with Crippen molar-refractivity contribution in [3.63, 3.8) is 0 Å². The summed E-state index contributed by atoms with van der Waals surface area (Å²) in [5.74, 6) is -0.0415. The Bertz CT molecular complexity index is 1040. The Balaban J connectivity index is 1.58. The summed E-state index contributed by atoms with van der Waals surface area (Å²) in [7, 11) is -3.67. The maximum Gasteiger partial charge on any atom is 0.264 e. The summed E-state index contributed by atoms with van der Waals surface area (Å²) >= 11 is 1.40. The van der Waals surface area contributed by atoms with Crippen LogP contribution < -0.4 is 0 Å². The van der Waals surface area contributed by atoms with Crippen molar-refractivity contribution in [2.45, 2.75) is 17.9 Å². The van der Waals surface area contributed by atoms with Crippen LogP contribution in [0.25, 0.3) is 11.0 Å². The number of amides is 1. The molecule has 0 bridgehead atoms. The van der Waals surface area contributed by atoms with Crippen molar-refractivity contribution in [1.29, 1.82) is 0 Å². The van der Waals surface area contributed by atoms with E-state index in [2.05, 4.69) is 9.97 Å². The number of hydrogen-bond donors (Lipinski definition) is 1. The van der Waals surface area contributed by atoms with Crippen LogP contribution in [0, 0.1) is 0 Å². The molecular formula is C17H18N4O3S2. The number of nitrogens with one attached hydrogen (secondary N) is 1. The first-order valence-corrected chi connectivity index (χ1v) is 10.6. The van der Waals surface area contributed by atoms with Gasteiger partial charge in [0.15, 0.2) is 0 Å². The molecule has 1 amide bonds. The minimum Gasteiger partial charge on any atom is -0.345 e. The number of pyridine rings is 1. The van der Waals surface area contributed by atoms with Crippen LogP contribution in [0.3, 0.4) is 0 Å². The van der Waals surface area contributed by atoms with E-state index >= 15 is 0 Å². The fourth-order valence-electron chi connectivity index (χ4n) is 3.31. The fourth-order valence-corrected chi connectivity index (χ4v) is 5.77. The molecule has 0 aliphatic carbocycles. The van der Waals surface area contributed by atoms with Crippen LogP contribution in [-0.2, 0) is 10.0 Å². The number of piperazine rings is 1. The predicted molar refractivity (Wildman–Crippen MR) is 99.7 cm³/mol. The molecule has 1 saturated heterocycles. The van der Waals surface area contributed by atoms with Crippen LogP contribution >= 0.6 is 11.3 Å². The average molecular weight is 390 g/mol. The fraction of sp³-hybridized carbons (Fsp3) is 0.294. The predicted octanol–water partition coefficient (Wildman–Crippen LogP) is 2.16. The molecule has 0 aromatic carbocycles. The summed E-state index contributed by atoms with van der Waals surface area (Å²) in [4.78, 5) is 22.2. The minimum atomic E-state index is -3.67. The maximum absolute atomic E-state index is 13.2. The molecule has 0 spiro atoms. The van der Waals surface area contributed by atoms with Crippen LogP contribution in [0.4, 0.5) is 0 Å². The van der Waals surface area contributed by atoms with Gasteiger partial charge in [-0.25, -0.2) is 13.4 Å². The number of carbonyl (C=O) groups excluding carboxylic acids is 1. The standard InChI is InChI=1S/C17H18N4O3S2/c1-12-11-20(17(22)14-5-3-9-25-14)7-8-21(12)26(23,24)15-10-19-16-13(15)4-2-6-18-16/h2-6,9-10,12H,7-8,11H2,1H3,(H,18,19)/t12-/m1/s1. The molecule has 0 saturated carbocycles. The van der Waals surface area contributed by atoms with Crippen LogP contribution in [0.5, 0.6) is 0 Å². The van der Waals surface area contributed by atoms with E-state index in [1.54, 1.807) is 29.3 Å². The van der Waals surface area contributed by atoms with Gasteiger partial charge in [-0.15, -0.1) is 11.3 Å². The van der Waals surface area contributed by atoms with Crippen molar-refractivity contribution in [1.82, 2.24) is 19.2 Å². The first kappa shape index (κ1) is 17.2. The van der Waals surface area contributed by atoms with Gasteiger partial charge in [0.25, 0.3) is 5.91 Å². The smallest absolute Gasteiger partial charge is 0.264 e. The monoisotopic (exact) mass is 390 g/mol. The molecule has 1 fully saturated rings. The van der Waals surface area contributed by atoms with Gasteiger partial charge in [0, 0.05) is 43.5 Å². The highest BCUT2D eigenvalue weighted by molar-refractivity contribution is 7.89. The third kappa shape index (κ3) is 2.81. The largest absolute Gasteiger partial charge is 0.345 e. The van der Waals surface area contributed by atoms with E-state index in [0.717, 1.165) is 0 Å². The quantitative estimate of drug-likeness (QED) is 0.742. The Morgan fingerprint density at radius 1 is 1.31 bits per heavy atom. The summed E-state index contributed by atoms with van der Waals surface area (Å²) in [6, 6.07) is 6.79. The zero-order chi connectivity index (χ0) is 18.3. The van der Waals surface area contributed by atoms with E-state index in [1.165, 1.54) is 21.8 Å². The molecule has 0 unspecified atom stereocenters. The SMILES string of the molecule is C[C@@H]1CN(C(=O)c2cccs2)CCN1S(=O)(=O)c1c[nH]c2ncccc12. The van der Waals surface area contributed by atoms with Gasteiger partial charge in [-0.05, 0) is 30.5 Å². The highest BCUT2D eigenvalue weighted by Crippen LogP contribution is 2.27. The van der Waals surface area contributed by atoms with Crippen molar-refractivity contribution < 1.29 is 13.2 Å². The van der Waals surface area contributed by atoms with Crippen LogP contribution in [0.15, 0.2) is 46.9 Å². The molecule has 1 atom stereocenters. The molecule has 7 nitrogen and oxygen atoms in total. The highest BCUT2D eigenvalue weighted by atomic mass is 32.2. The summed E-state index contributed by atoms with van der Waals surface area (Å²) < 4.78 is 27.8. The van der Waals surface area contributed by atoms with E-state index in [-0.39, 0.29) is 23.4 Å². The third-order valence-corrected chi connectivity index (χ3v) is 7.50. The van der Waals surface area contributed by atoms with Gasteiger partial charge in [-0.3, -0.25) is 4.79 Å². The van der Waals surface area contributed by atoms with Crippen molar-refractivity contribution in [2.24, 2.45) is 0 Å². The number of aromatic amines is 1. The summed E-state index contributed by atoms with van der Waals surface area (Å²) in [5, 5.41) is 2.44. The van der Waals surface area contributed by atoms with Crippen LogP contribution in [0.1, 0.15) is 16.6 Å². The summed E-state index contributed by atoms with van der Waals surface area (Å²) in [6.45, 7) is 2.85. The zero-order valence-corrected chi connectivity index (χ0v) is 15.8. The van der Waals surface area contributed by atoms with Crippen molar-refractivity contribution in [3.05, 3.63) is 46.9 Å². The van der Waals surface area contributed by atoms with Gasteiger partial charge in [0.05, 0.1) is 4.88 Å². The van der Waals surface area contributed by atoms with Gasteiger partial charge < -0.3 is 9.88 Å². The molecule has 3 aromatic heterocycles. The Kier molecular flexibility index (Phi) is 4.29. The number of rotatable bonds is 3. The molecule has 0 radical (unpaired) electrons. The number of sulfonamides is 1. The Morgan fingerprint density at radius 2 is 2.15 bits per heavy atom. The van der Waals surface area contributed by atoms with Gasteiger partial charge in [0.2, 0.25) is 10.0 Å². The summed E-state index contributed by atoms with van der Waals surface area (Å²) in [6.07, 6.45) is 3.11. The van der Waals surface area contributed by atoms with Crippen molar-refractivity contribution in [2.75, 3.05) is 19.6 Å². The minimum absolute atomic E-state index is 0.0415. The van der Waals surface area contributed by atoms with Gasteiger partial charge in [-0.1, -0.05) is 6.07 Å². The van der Waals surface area contributed by atoms with Crippen molar-refractivity contribution in [3.8, 4) is 0 Å². The Labute approximate surface area is 155 Å². The molecular weight excluding hydrogens is 372 g/mol. The van der Waals surface area contributed by atoms with E-state index in [4.69, 9.17) is 0 Å². The molecule has 136 valence electrons. The van der Waals surface area contributed by atoms with E-state index in [0.29, 0.717) is 29.0 Å². The topological polar surface area (TPSA) is 86.4 Å². The number of carbonyl (C=O) groups is 1. The number of hydrogen-bond acceptors (Lipinski definition) is 5. The number of thiophene rings is 1. The molecule has 9 heteroatoms. The van der Waals surface area contributed by atoms with Gasteiger partial charge in [-0.2, -0.15) is 4.31 Å². The molecule has 1 aliphatic heterocycles. The second kappa shape index (κ2) is 6.49. The lowest BCUT2D eigenvalue weighted by atomic mass is 10.2. The van der Waals surface area contributed by atoms with Gasteiger partial charge >= 0.3 is 0 Å². The first-order valence-electron chi connectivity index (χ1n) is 8.25. The first-order chi connectivity index (χ1) is 12.5. The van der Waals surface area contributed by atoms with Crippen molar-refractivity contribution >= 4 is 38.3 Å². The summed E-state index contributed by atoms with van der Waals surface area (Å²) in [5.41, 5.74) is 0.547. The Morgan fingerprint density at radius 3 is 2.88 bits per heavy atom. The Hall–Kier alpha value is -2.23. The third-order valence-electron chi connectivity index (χ3n) is 4.59. The van der Waals surface area contributed by atoms with E-state index in [9.17, 15) is 13.2 Å². The molecule has 3 aromatic rings. The lowest BCUT2D eigenvalue weighted by Gasteiger charge is -2.38. The molecule has 4 rings (SSSR count). The number of H-pyrrole nitrogens is 1. The maximum atomic E-state index is 13.2. The zero-order valence-electron chi connectivity index (χ0n) is 14.1. The molecule has 26 heavy (non-hydrogen) atoms. The van der Waals surface area contributed by atoms with Crippen LogP contribution in [-0.4, -0.2) is 59.2 Å². The molecule has 4 heterocycles. The number of fused-ring (bicyclic) bond motifs is 1. The normalized spacial score (nSPS) is 19.1. The van der Waals surface area contributed by atoms with E-state index < -0.39 is 10.0 Å². The lowest BCUT2D eigenvalue weighted by molar-refractivity contribution is 0.0647. The van der Waals surface area contributed by atoms with E-state index in [1.807, 2.05) is 18.4 Å². The average Bonchev–Trinajstić information content (AvgIpc) is 3.30. The molecule has 1 N–H and O–H groups in total. The lowest BCUT2D eigenvalue weighted by Crippen LogP contribution is -2.55. The van der Waals surface area contributed by atoms with Gasteiger partial charge in [0.1, 0.15) is 10.5 Å². The second-order valence-corrected chi connectivity index (χ2v) is 9.05.